The van der Waals surface area contributed by atoms with E-state index >= 15 is 0 Å². The average molecular weight is 429 g/mol. The summed E-state index contributed by atoms with van der Waals surface area (Å²) in [6.07, 6.45) is 4.61. The molecular weight excluding hydrogens is 404 g/mol. The third kappa shape index (κ3) is 4.62. The number of fused-ring (bicyclic) bond motifs is 1. The fraction of sp³-hybridized carbons (Fsp3) is 0.391. The molecule has 1 saturated carbocycles. The Morgan fingerprint density at radius 1 is 1.17 bits per heavy atom. The second kappa shape index (κ2) is 8.80. The predicted molar refractivity (Wildman–Crippen MR) is 119 cm³/mol. The number of thioether (sulfide) groups is 1. The van der Waals surface area contributed by atoms with Crippen molar-refractivity contribution in [2.24, 2.45) is 5.92 Å². The van der Waals surface area contributed by atoms with Gasteiger partial charge in [0.25, 0.3) is 5.91 Å². The van der Waals surface area contributed by atoms with Gasteiger partial charge < -0.3 is 10.2 Å². The van der Waals surface area contributed by atoms with Crippen LogP contribution in [0.5, 0.6) is 0 Å². The normalized spacial score (nSPS) is 21.6. The standard InChI is InChI=1S/C23H25ClN2O2S/c1-15-4-2-3-5-19(15)25-23(28)17-8-11-21-20(12-17)26(22(27)14-29-21)13-16-6-9-18(24)10-7-16/h6-12,15,19H,2-5,13-14H2,1H3,(H,25,28)/t15-,19+/m1/s1. The smallest absolute Gasteiger partial charge is 0.251 e. The lowest BCUT2D eigenvalue weighted by Gasteiger charge is -2.31. The number of halogens is 1. The molecule has 0 aromatic heterocycles. The first-order valence-electron chi connectivity index (χ1n) is 10.1. The van der Waals surface area contributed by atoms with E-state index in [2.05, 4.69) is 12.2 Å². The van der Waals surface area contributed by atoms with Crippen LogP contribution >= 0.6 is 23.4 Å². The highest BCUT2D eigenvalue weighted by Gasteiger charge is 2.27. The monoisotopic (exact) mass is 428 g/mol. The van der Waals surface area contributed by atoms with Gasteiger partial charge in [-0.2, -0.15) is 0 Å². The van der Waals surface area contributed by atoms with Crippen LogP contribution in [0.2, 0.25) is 5.02 Å². The van der Waals surface area contributed by atoms with E-state index in [0.717, 1.165) is 29.0 Å². The number of rotatable bonds is 4. The van der Waals surface area contributed by atoms with E-state index in [9.17, 15) is 9.59 Å². The largest absolute Gasteiger partial charge is 0.349 e. The van der Waals surface area contributed by atoms with Gasteiger partial charge in [0, 0.05) is 21.5 Å². The van der Waals surface area contributed by atoms with Gasteiger partial charge in [-0.15, -0.1) is 11.8 Å². The van der Waals surface area contributed by atoms with Gasteiger partial charge in [0.1, 0.15) is 0 Å². The van der Waals surface area contributed by atoms with Gasteiger partial charge in [-0.25, -0.2) is 0 Å². The van der Waals surface area contributed by atoms with E-state index in [-0.39, 0.29) is 17.9 Å². The highest BCUT2D eigenvalue weighted by atomic mass is 35.5. The zero-order valence-electron chi connectivity index (χ0n) is 16.5. The van der Waals surface area contributed by atoms with Crippen molar-refractivity contribution in [2.45, 2.75) is 50.1 Å². The van der Waals surface area contributed by atoms with Crippen molar-refractivity contribution in [3.63, 3.8) is 0 Å². The molecule has 0 unspecified atom stereocenters. The Kier molecular flexibility index (Phi) is 6.16. The summed E-state index contributed by atoms with van der Waals surface area (Å²) in [5.74, 6) is 0.909. The molecule has 4 nitrogen and oxygen atoms in total. The number of nitrogens with one attached hydrogen (secondary N) is 1. The summed E-state index contributed by atoms with van der Waals surface area (Å²) in [5.41, 5.74) is 2.43. The van der Waals surface area contributed by atoms with Crippen LogP contribution in [0.4, 0.5) is 5.69 Å². The molecule has 2 amide bonds. The lowest BCUT2D eigenvalue weighted by Crippen LogP contribution is -2.41. The van der Waals surface area contributed by atoms with E-state index in [1.165, 1.54) is 24.6 Å². The second-order valence-corrected chi connectivity index (χ2v) is 9.37. The molecule has 0 saturated heterocycles. The predicted octanol–water partition coefficient (Wildman–Crippen LogP) is 5.29. The van der Waals surface area contributed by atoms with Crippen LogP contribution in [0, 0.1) is 5.92 Å². The Bertz CT molecular complexity index is 916. The topological polar surface area (TPSA) is 49.4 Å². The van der Waals surface area contributed by atoms with Crippen molar-refractivity contribution in [3.05, 3.63) is 58.6 Å². The summed E-state index contributed by atoms with van der Waals surface area (Å²) in [4.78, 5) is 28.3. The molecule has 0 spiro atoms. The molecule has 1 fully saturated rings. The number of nitrogens with zero attached hydrogens (tertiary/aromatic N) is 1. The maximum Gasteiger partial charge on any atom is 0.251 e. The number of anilines is 1. The molecule has 1 aliphatic carbocycles. The van der Waals surface area contributed by atoms with Gasteiger partial charge in [0.15, 0.2) is 0 Å². The van der Waals surface area contributed by atoms with Gasteiger partial charge in [-0.05, 0) is 54.7 Å². The molecule has 1 N–H and O–H groups in total. The number of hydrogen-bond acceptors (Lipinski definition) is 3. The van der Waals surface area contributed by atoms with Crippen LogP contribution in [-0.2, 0) is 11.3 Å². The zero-order chi connectivity index (χ0) is 20.4. The minimum atomic E-state index is -0.0546. The van der Waals surface area contributed by atoms with E-state index < -0.39 is 0 Å². The highest BCUT2D eigenvalue weighted by molar-refractivity contribution is 8.00. The molecule has 2 aromatic carbocycles. The van der Waals surface area contributed by atoms with Gasteiger partial charge in [-0.1, -0.05) is 43.5 Å². The molecule has 152 valence electrons. The average Bonchev–Trinajstić information content (AvgIpc) is 2.73. The zero-order valence-corrected chi connectivity index (χ0v) is 18.1. The van der Waals surface area contributed by atoms with E-state index in [4.69, 9.17) is 11.6 Å². The Morgan fingerprint density at radius 3 is 2.69 bits per heavy atom. The summed E-state index contributed by atoms with van der Waals surface area (Å²) in [7, 11) is 0. The SMILES string of the molecule is C[C@@H]1CCCC[C@@H]1NC(=O)c1ccc2c(c1)N(Cc1ccc(Cl)cc1)C(=O)CS2. The second-order valence-electron chi connectivity index (χ2n) is 7.92. The van der Waals surface area contributed by atoms with Gasteiger partial charge in [0.2, 0.25) is 5.91 Å². The summed E-state index contributed by atoms with van der Waals surface area (Å²) in [6.45, 7) is 2.68. The van der Waals surface area contributed by atoms with E-state index in [1.807, 2.05) is 42.5 Å². The van der Waals surface area contributed by atoms with Crippen molar-refractivity contribution < 1.29 is 9.59 Å². The number of amides is 2. The Morgan fingerprint density at radius 2 is 1.93 bits per heavy atom. The van der Waals surface area contributed by atoms with Crippen molar-refractivity contribution in [1.29, 1.82) is 0 Å². The number of hydrogen-bond donors (Lipinski definition) is 1. The fourth-order valence-corrected chi connectivity index (χ4v) is 5.11. The first-order chi connectivity index (χ1) is 14.0. The maximum absolute atomic E-state index is 12.9. The molecule has 2 atom stereocenters. The van der Waals surface area contributed by atoms with E-state index in [0.29, 0.717) is 28.8 Å². The number of carbonyl (C=O) groups is 2. The molecule has 4 rings (SSSR count). The third-order valence-electron chi connectivity index (χ3n) is 5.85. The molecule has 0 radical (unpaired) electrons. The van der Waals surface area contributed by atoms with Gasteiger partial charge in [-0.3, -0.25) is 9.59 Å². The quantitative estimate of drug-likeness (QED) is 0.719. The molecule has 2 aliphatic rings. The Hall–Kier alpha value is -1.98. The van der Waals surface area contributed by atoms with Crippen molar-refractivity contribution in [2.75, 3.05) is 10.7 Å². The minimum absolute atomic E-state index is 0.0518. The van der Waals surface area contributed by atoms with Crippen LogP contribution in [0.25, 0.3) is 0 Å². The maximum atomic E-state index is 12.9. The van der Waals surface area contributed by atoms with E-state index in [1.54, 1.807) is 4.90 Å². The molecule has 29 heavy (non-hydrogen) atoms. The number of carbonyl (C=O) groups excluding carboxylic acids is 2. The van der Waals surface area contributed by atoms with Crippen LogP contribution in [0.15, 0.2) is 47.4 Å². The molecule has 0 bridgehead atoms. The minimum Gasteiger partial charge on any atom is -0.349 e. The first kappa shape index (κ1) is 20.3. The molecule has 1 aliphatic heterocycles. The van der Waals surface area contributed by atoms with Crippen molar-refractivity contribution in [3.8, 4) is 0 Å². The fourth-order valence-electron chi connectivity index (χ4n) is 4.07. The molecule has 2 aromatic rings. The Labute approximate surface area is 181 Å². The summed E-state index contributed by atoms with van der Waals surface area (Å²) < 4.78 is 0. The summed E-state index contributed by atoms with van der Waals surface area (Å²) in [6, 6.07) is 13.4. The lowest BCUT2D eigenvalue weighted by atomic mass is 9.86. The molecule has 6 heteroatoms. The Balaban J connectivity index is 1.56. The lowest BCUT2D eigenvalue weighted by molar-refractivity contribution is -0.116. The van der Waals surface area contributed by atoms with Crippen LogP contribution in [-0.4, -0.2) is 23.6 Å². The van der Waals surface area contributed by atoms with Crippen molar-refractivity contribution >= 4 is 40.9 Å². The van der Waals surface area contributed by atoms with Crippen LogP contribution in [0.3, 0.4) is 0 Å². The molecule has 1 heterocycles. The van der Waals surface area contributed by atoms with Gasteiger partial charge in [0.05, 0.1) is 18.0 Å². The van der Waals surface area contributed by atoms with Crippen LogP contribution < -0.4 is 10.2 Å². The summed E-state index contributed by atoms with van der Waals surface area (Å²) in [5, 5.41) is 3.88. The molecular formula is C23H25ClN2O2S. The van der Waals surface area contributed by atoms with Crippen LogP contribution in [0.1, 0.15) is 48.5 Å². The summed E-state index contributed by atoms with van der Waals surface area (Å²) >= 11 is 7.51. The third-order valence-corrected chi connectivity index (χ3v) is 7.15. The van der Waals surface area contributed by atoms with Crippen molar-refractivity contribution in [1.82, 2.24) is 5.32 Å². The highest BCUT2D eigenvalue weighted by Crippen LogP contribution is 2.37. The first-order valence-corrected chi connectivity index (χ1v) is 11.5. The van der Waals surface area contributed by atoms with Gasteiger partial charge >= 0.3 is 0 Å². The number of benzene rings is 2.